The number of hydrogen-bond acceptors (Lipinski definition) is 3. The fourth-order valence-corrected chi connectivity index (χ4v) is 1.73. The minimum atomic E-state index is 0.0117. The molecule has 1 rings (SSSR count). The van der Waals surface area contributed by atoms with Gasteiger partial charge in [0.2, 0.25) is 0 Å². The van der Waals surface area contributed by atoms with Crippen molar-refractivity contribution in [2.45, 2.75) is 12.8 Å². The van der Waals surface area contributed by atoms with Crippen molar-refractivity contribution in [1.29, 1.82) is 0 Å². The van der Waals surface area contributed by atoms with Crippen molar-refractivity contribution in [3.8, 4) is 11.5 Å². The lowest BCUT2D eigenvalue weighted by molar-refractivity contribution is 0.410. The Bertz CT molecular complexity index is 328. The normalized spacial score (nSPS) is 12.6. The van der Waals surface area contributed by atoms with Crippen LogP contribution in [0.15, 0.2) is 12.1 Å². The van der Waals surface area contributed by atoms with Crippen LogP contribution in [0.2, 0.25) is 5.02 Å². The van der Waals surface area contributed by atoms with E-state index in [1.54, 1.807) is 12.1 Å². The average Bonchev–Trinajstić information content (AvgIpc) is 2.18. The number of rotatable bonds is 3. The fourth-order valence-electron chi connectivity index (χ4n) is 1.31. The zero-order valence-electron chi connectivity index (χ0n) is 8.25. The molecule has 1 atom stereocenters. The monoisotopic (exact) mass is 215 g/mol. The molecule has 1 unspecified atom stereocenters. The second kappa shape index (κ2) is 4.53. The van der Waals surface area contributed by atoms with Gasteiger partial charge in [0.25, 0.3) is 0 Å². The van der Waals surface area contributed by atoms with Crippen molar-refractivity contribution in [3.63, 3.8) is 0 Å². The number of hydrogen-bond donors (Lipinski definition) is 2. The van der Waals surface area contributed by atoms with Gasteiger partial charge in [0, 0.05) is 5.56 Å². The largest absolute Gasteiger partial charge is 0.508 e. The molecule has 0 saturated carbocycles. The number of halogens is 1. The van der Waals surface area contributed by atoms with E-state index in [0.717, 1.165) is 0 Å². The van der Waals surface area contributed by atoms with Crippen LogP contribution in [0.4, 0.5) is 0 Å². The summed E-state index contributed by atoms with van der Waals surface area (Å²) in [5, 5.41) is 10.1. The van der Waals surface area contributed by atoms with E-state index in [9.17, 15) is 5.11 Å². The molecular formula is C10H14ClNO2. The third-order valence-electron chi connectivity index (χ3n) is 2.19. The van der Waals surface area contributed by atoms with E-state index in [-0.39, 0.29) is 11.7 Å². The predicted octanol–water partition coefficient (Wildman–Crippen LogP) is 2.12. The van der Waals surface area contributed by atoms with Crippen molar-refractivity contribution in [2.24, 2.45) is 5.73 Å². The van der Waals surface area contributed by atoms with Crippen molar-refractivity contribution in [2.75, 3.05) is 13.7 Å². The first kappa shape index (κ1) is 11.1. The molecule has 0 heterocycles. The van der Waals surface area contributed by atoms with Crippen LogP contribution in [0.25, 0.3) is 0 Å². The maximum atomic E-state index is 9.62. The molecule has 14 heavy (non-hydrogen) atoms. The maximum absolute atomic E-state index is 9.62. The molecule has 0 aliphatic rings. The van der Waals surface area contributed by atoms with Gasteiger partial charge in [-0.1, -0.05) is 18.5 Å². The van der Waals surface area contributed by atoms with Gasteiger partial charge in [0.1, 0.15) is 11.5 Å². The number of phenolic OH excluding ortho intramolecular Hbond substituents is 1. The van der Waals surface area contributed by atoms with Crippen LogP contribution in [0.3, 0.4) is 0 Å². The molecular weight excluding hydrogens is 202 g/mol. The summed E-state index contributed by atoms with van der Waals surface area (Å²) in [4.78, 5) is 0. The van der Waals surface area contributed by atoms with Crippen molar-refractivity contribution in [3.05, 3.63) is 22.7 Å². The summed E-state index contributed by atoms with van der Waals surface area (Å²) in [5.41, 5.74) is 6.17. The first-order chi connectivity index (χ1) is 6.61. The van der Waals surface area contributed by atoms with Crippen LogP contribution in [0.5, 0.6) is 11.5 Å². The highest BCUT2D eigenvalue weighted by Crippen LogP contribution is 2.38. The van der Waals surface area contributed by atoms with Crippen LogP contribution in [0, 0.1) is 0 Å². The SMILES string of the molecule is COc1ccc(O)c(C(C)CN)c1Cl. The molecule has 0 saturated heterocycles. The summed E-state index contributed by atoms with van der Waals surface area (Å²) in [6.07, 6.45) is 0. The van der Waals surface area contributed by atoms with Crippen LogP contribution in [-0.4, -0.2) is 18.8 Å². The lowest BCUT2D eigenvalue weighted by Crippen LogP contribution is -2.09. The zero-order chi connectivity index (χ0) is 10.7. The standard InChI is InChI=1S/C10H14ClNO2/c1-6(5-12)9-7(13)3-4-8(14-2)10(9)11/h3-4,6,13H,5,12H2,1-2H3. The topological polar surface area (TPSA) is 55.5 Å². The molecule has 0 aromatic heterocycles. The van der Waals surface area contributed by atoms with Gasteiger partial charge in [0.15, 0.2) is 0 Å². The Morgan fingerprint density at radius 1 is 1.57 bits per heavy atom. The van der Waals surface area contributed by atoms with E-state index in [0.29, 0.717) is 22.9 Å². The highest BCUT2D eigenvalue weighted by molar-refractivity contribution is 6.33. The highest BCUT2D eigenvalue weighted by atomic mass is 35.5. The summed E-state index contributed by atoms with van der Waals surface area (Å²) < 4.78 is 5.05. The van der Waals surface area contributed by atoms with Crippen LogP contribution in [0.1, 0.15) is 18.4 Å². The molecule has 78 valence electrons. The van der Waals surface area contributed by atoms with Gasteiger partial charge < -0.3 is 15.6 Å². The van der Waals surface area contributed by atoms with Gasteiger partial charge in [-0.15, -0.1) is 0 Å². The zero-order valence-corrected chi connectivity index (χ0v) is 9.01. The molecule has 4 heteroatoms. The molecule has 0 fully saturated rings. The molecule has 0 spiro atoms. The van der Waals surface area contributed by atoms with Gasteiger partial charge in [0.05, 0.1) is 12.1 Å². The van der Waals surface area contributed by atoms with E-state index < -0.39 is 0 Å². The quantitative estimate of drug-likeness (QED) is 0.812. The van der Waals surface area contributed by atoms with Gasteiger partial charge in [-0.3, -0.25) is 0 Å². The molecule has 0 amide bonds. The van der Waals surface area contributed by atoms with Crippen molar-refractivity contribution >= 4 is 11.6 Å². The number of methoxy groups -OCH3 is 1. The van der Waals surface area contributed by atoms with Gasteiger partial charge >= 0.3 is 0 Å². The van der Waals surface area contributed by atoms with Crippen LogP contribution < -0.4 is 10.5 Å². The van der Waals surface area contributed by atoms with Crippen molar-refractivity contribution < 1.29 is 9.84 Å². The Labute approximate surface area is 88.4 Å². The van der Waals surface area contributed by atoms with Crippen LogP contribution >= 0.6 is 11.6 Å². The second-order valence-corrected chi connectivity index (χ2v) is 3.53. The second-order valence-electron chi connectivity index (χ2n) is 3.15. The summed E-state index contributed by atoms with van der Waals surface area (Å²) in [6, 6.07) is 3.19. The lowest BCUT2D eigenvalue weighted by atomic mass is 10.00. The molecule has 1 aromatic rings. The Morgan fingerprint density at radius 2 is 2.21 bits per heavy atom. The van der Waals surface area contributed by atoms with Crippen molar-refractivity contribution in [1.82, 2.24) is 0 Å². The average molecular weight is 216 g/mol. The molecule has 3 N–H and O–H groups in total. The lowest BCUT2D eigenvalue weighted by Gasteiger charge is -2.15. The number of nitrogens with two attached hydrogens (primary N) is 1. The maximum Gasteiger partial charge on any atom is 0.138 e. The van der Waals surface area contributed by atoms with Crippen LogP contribution in [-0.2, 0) is 0 Å². The van der Waals surface area contributed by atoms with E-state index >= 15 is 0 Å². The van der Waals surface area contributed by atoms with Gasteiger partial charge in [-0.05, 0) is 24.6 Å². The predicted molar refractivity (Wildman–Crippen MR) is 57.1 cm³/mol. The van der Waals surface area contributed by atoms with Gasteiger partial charge in [-0.25, -0.2) is 0 Å². The van der Waals surface area contributed by atoms with Gasteiger partial charge in [-0.2, -0.15) is 0 Å². The van der Waals surface area contributed by atoms with E-state index in [2.05, 4.69) is 0 Å². The fraction of sp³-hybridized carbons (Fsp3) is 0.400. The summed E-state index contributed by atoms with van der Waals surface area (Å²) in [7, 11) is 1.54. The third kappa shape index (κ3) is 1.94. The Morgan fingerprint density at radius 3 is 2.71 bits per heavy atom. The summed E-state index contributed by atoms with van der Waals surface area (Å²) in [6.45, 7) is 2.33. The molecule has 0 radical (unpaired) electrons. The smallest absolute Gasteiger partial charge is 0.138 e. The first-order valence-electron chi connectivity index (χ1n) is 4.37. The molecule has 0 bridgehead atoms. The Kier molecular flexibility index (Phi) is 3.61. The summed E-state index contributed by atoms with van der Waals surface area (Å²) in [5.74, 6) is 0.728. The number of aromatic hydroxyl groups is 1. The number of benzene rings is 1. The van der Waals surface area contributed by atoms with E-state index in [1.807, 2.05) is 6.92 Å². The highest BCUT2D eigenvalue weighted by Gasteiger charge is 2.16. The molecule has 0 aliphatic heterocycles. The molecule has 0 aliphatic carbocycles. The Hall–Kier alpha value is -0.930. The molecule has 3 nitrogen and oxygen atoms in total. The minimum Gasteiger partial charge on any atom is -0.508 e. The first-order valence-corrected chi connectivity index (χ1v) is 4.75. The third-order valence-corrected chi connectivity index (χ3v) is 2.58. The number of phenols is 1. The van der Waals surface area contributed by atoms with E-state index in [1.165, 1.54) is 7.11 Å². The Balaban J connectivity index is 3.25. The minimum absolute atomic E-state index is 0.0117. The molecule has 1 aromatic carbocycles. The number of ether oxygens (including phenoxy) is 1. The van der Waals surface area contributed by atoms with E-state index in [4.69, 9.17) is 22.1 Å². The summed E-state index contributed by atoms with van der Waals surface area (Å²) >= 11 is 6.05.